The van der Waals surface area contributed by atoms with Crippen LogP contribution >= 0.6 is 15.9 Å². The second kappa shape index (κ2) is 8.44. The fourth-order valence-electron chi connectivity index (χ4n) is 3.06. The number of hydrogen-bond donors (Lipinski definition) is 1. The molecule has 3 aromatic rings. The number of carbonyl (C=O) groups excluding carboxylic acids is 1. The van der Waals surface area contributed by atoms with Crippen molar-refractivity contribution in [2.75, 3.05) is 14.2 Å². The van der Waals surface area contributed by atoms with E-state index in [0.717, 1.165) is 15.6 Å². The van der Waals surface area contributed by atoms with E-state index in [1.165, 1.54) is 10.8 Å². The van der Waals surface area contributed by atoms with E-state index >= 15 is 0 Å². The average molecular weight is 428 g/mol. The van der Waals surface area contributed by atoms with Crippen LogP contribution in [-0.2, 0) is 11.2 Å². The third-order valence-electron chi connectivity index (χ3n) is 4.55. The summed E-state index contributed by atoms with van der Waals surface area (Å²) in [6.07, 6.45) is 0.249. The number of rotatable bonds is 6. The first kappa shape index (κ1) is 19.2. The Bertz CT molecular complexity index is 971. The van der Waals surface area contributed by atoms with Gasteiger partial charge in [-0.1, -0.05) is 52.3 Å². The molecule has 0 aliphatic carbocycles. The van der Waals surface area contributed by atoms with Crippen molar-refractivity contribution in [2.45, 2.75) is 19.4 Å². The number of hydrogen-bond acceptors (Lipinski definition) is 3. The Morgan fingerprint density at radius 3 is 2.37 bits per heavy atom. The van der Waals surface area contributed by atoms with E-state index in [0.29, 0.717) is 11.5 Å². The van der Waals surface area contributed by atoms with E-state index in [1.807, 2.05) is 31.2 Å². The van der Waals surface area contributed by atoms with Gasteiger partial charge in [-0.25, -0.2) is 0 Å². The molecule has 0 spiro atoms. The summed E-state index contributed by atoms with van der Waals surface area (Å²) in [5.41, 5.74) is 1.92. The first-order valence-electron chi connectivity index (χ1n) is 8.70. The summed E-state index contributed by atoms with van der Waals surface area (Å²) < 4.78 is 11.4. The number of methoxy groups -OCH3 is 2. The molecule has 0 aromatic heterocycles. The van der Waals surface area contributed by atoms with Crippen molar-refractivity contribution in [3.05, 3.63) is 70.2 Å². The Morgan fingerprint density at radius 2 is 1.67 bits per heavy atom. The minimum atomic E-state index is -0.0824. The van der Waals surface area contributed by atoms with Gasteiger partial charge in [0.05, 0.1) is 26.7 Å². The number of halogens is 1. The summed E-state index contributed by atoms with van der Waals surface area (Å²) in [5, 5.41) is 5.43. The number of amides is 1. The molecule has 3 aromatic carbocycles. The molecule has 1 N–H and O–H groups in total. The van der Waals surface area contributed by atoms with Crippen LogP contribution in [0.2, 0.25) is 0 Å². The second-order valence-electron chi connectivity index (χ2n) is 6.37. The van der Waals surface area contributed by atoms with Crippen molar-refractivity contribution < 1.29 is 14.3 Å². The van der Waals surface area contributed by atoms with Gasteiger partial charge in [-0.15, -0.1) is 0 Å². The smallest absolute Gasteiger partial charge is 0.224 e. The summed E-state index contributed by atoms with van der Waals surface area (Å²) in [4.78, 5) is 12.6. The third-order valence-corrected chi connectivity index (χ3v) is 5.29. The Morgan fingerprint density at radius 1 is 1.00 bits per heavy atom. The largest absolute Gasteiger partial charge is 0.493 e. The summed E-state index contributed by atoms with van der Waals surface area (Å²) in [6, 6.07) is 18.0. The monoisotopic (exact) mass is 427 g/mol. The molecule has 0 aliphatic rings. The molecule has 1 amide bonds. The van der Waals surface area contributed by atoms with Crippen molar-refractivity contribution in [3.63, 3.8) is 0 Å². The van der Waals surface area contributed by atoms with Gasteiger partial charge in [-0.05, 0) is 47.0 Å². The lowest BCUT2D eigenvalue weighted by Gasteiger charge is -2.16. The van der Waals surface area contributed by atoms with E-state index < -0.39 is 0 Å². The Labute approximate surface area is 167 Å². The Hall–Kier alpha value is -2.53. The standard InChI is InChI=1S/C22H22BrNO3/c1-14(16-9-8-15-6-4-5-7-17(15)10-16)24-22(25)12-18-11-20(26-2)21(27-3)13-19(18)23/h4-11,13-14H,12H2,1-3H3,(H,24,25). The molecule has 140 valence electrons. The zero-order valence-electron chi connectivity index (χ0n) is 15.6. The number of nitrogens with one attached hydrogen (secondary N) is 1. The van der Waals surface area contributed by atoms with Gasteiger partial charge >= 0.3 is 0 Å². The van der Waals surface area contributed by atoms with Crippen LogP contribution in [0.1, 0.15) is 24.1 Å². The van der Waals surface area contributed by atoms with Crippen LogP contribution < -0.4 is 14.8 Å². The summed E-state index contributed by atoms with van der Waals surface area (Å²) >= 11 is 3.50. The maximum atomic E-state index is 12.6. The van der Waals surface area contributed by atoms with Crippen LogP contribution in [0.3, 0.4) is 0 Å². The van der Waals surface area contributed by atoms with Gasteiger partial charge in [0.15, 0.2) is 11.5 Å². The molecule has 1 atom stereocenters. The molecule has 0 radical (unpaired) electrons. The molecule has 0 aliphatic heterocycles. The van der Waals surface area contributed by atoms with E-state index in [9.17, 15) is 4.79 Å². The molecule has 0 saturated heterocycles. The zero-order chi connectivity index (χ0) is 19.4. The quantitative estimate of drug-likeness (QED) is 0.599. The van der Waals surface area contributed by atoms with Gasteiger partial charge in [0.1, 0.15) is 0 Å². The lowest BCUT2D eigenvalue weighted by molar-refractivity contribution is -0.121. The van der Waals surface area contributed by atoms with Crippen LogP contribution in [0, 0.1) is 0 Å². The summed E-state index contributed by atoms with van der Waals surface area (Å²) in [6.45, 7) is 1.99. The maximum Gasteiger partial charge on any atom is 0.224 e. The van der Waals surface area contributed by atoms with Crippen molar-refractivity contribution in [2.24, 2.45) is 0 Å². The van der Waals surface area contributed by atoms with Crippen LogP contribution in [0.4, 0.5) is 0 Å². The van der Waals surface area contributed by atoms with E-state index in [1.54, 1.807) is 14.2 Å². The Balaban J connectivity index is 1.73. The van der Waals surface area contributed by atoms with Crippen molar-refractivity contribution in [3.8, 4) is 11.5 Å². The number of fused-ring (bicyclic) bond motifs is 1. The van der Waals surface area contributed by atoms with Crippen molar-refractivity contribution in [1.82, 2.24) is 5.32 Å². The number of benzene rings is 3. The molecule has 0 saturated carbocycles. The van der Waals surface area contributed by atoms with Gasteiger partial charge in [0, 0.05) is 4.47 Å². The number of ether oxygens (including phenoxy) is 2. The highest BCUT2D eigenvalue weighted by Crippen LogP contribution is 2.33. The second-order valence-corrected chi connectivity index (χ2v) is 7.23. The zero-order valence-corrected chi connectivity index (χ0v) is 17.2. The summed E-state index contributed by atoms with van der Waals surface area (Å²) in [5.74, 6) is 1.17. The molecule has 3 rings (SSSR count). The van der Waals surface area contributed by atoms with Gasteiger partial charge in [-0.3, -0.25) is 4.79 Å². The lowest BCUT2D eigenvalue weighted by atomic mass is 10.0. The third kappa shape index (κ3) is 4.42. The minimum Gasteiger partial charge on any atom is -0.493 e. The van der Waals surface area contributed by atoms with Gasteiger partial charge in [-0.2, -0.15) is 0 Å². The van der Waals surface area contributed by atoms with Crippen LogP contribution in [0.25, 0.3) is 10.8 Å². The average Bonchev–Trinajstić information content (AvgIpc) is 2.68. The van der Waals surface area contributed by atoms with Crippen molar-refractivity contribution >= 4 is 32.6 Å². The molecular weight excluding hydrogens is 406 g/mol. The van der Waals surface area contributed by atoms with Crippen LogP contribution in [0.5, 0.6) is 11.5 Å². The molecule has 4 nitrogen and oxygen atoms in total. The Kier molecular flexibility index (Phi) is 6.01. The summed E-state index contributed by atoms with van der Waals surface area (Å²) in [7, 11) is 3.17. The van der Waals surface area contributed by atoms with Crippen LogP contribution in [0.15, 0.2) is 59.1 Å². The van der Waals surface area contributed by atoms with Gasteiger partial charge < -0.3 is 14.8 Å². The minimum absolute atomic E-state index is 0.0522. The SMILES string of the molecule is COc1cc(Br)c(CC(=O)NC(C)c2ccc3ccccc3c2)cc1OC. The highest BCUT2D eigenvalue weighted by atomic mass is 79.9. The highest BCUT2D eigenvalue weighted by Gasteiger charge is 2.15. The maximum absolute atomic E-state index is 12.6. The molecule has 1 unspecified atom stereocenters. The molecule has 5 heteroatoms. The van der Waals surface area contributed by atoms with E-state index in [2.05, 4.69) is 51.6 Å². The van der Waals surface area contributed by atoms with Gasteiger partial charge in [0.2, 0.25) is 5.91 Å². The van der Waals surface area contributed by atoms with Gasteiger partial charge in [0.25, 0.3) is 0 Å². The van der Waals surface area contributed by atoms with E-state index in [-0.39, 0.29) is 18.4 Å². The highest BCUT2D eigenvalue weighted by molar-refractivity contribution is 9.10. The lowest BCUT2D eigenvalue weighted by Crippen LogP contribution is -2.28. The molecular formula is C22H22BrNO3. The molecule has 0 fully saturated rings. The molecule has 27 heavy (non-hydrogen) atoms. The number of carbonyl (C=O) groups is 1. The van der Waals surface area contributed by atoms with Crippen molar-refractivity contribution in [1.29, 1.82) is 0 Å². The predicted octanol–water partition coefficient (Wildman–Crippen LogP) is 5.04. The first-order valence-corrected chi connectivity index (χ1v) is 9.49. The fourth-order valence-corrected chi connectivity index (χ4v) is 3.52. The van der Waals surface area contributed by atoms with Crippen LogP contribution in [-0.4, -0.2) is 20.1 Å². The van der Waals surface area contributed by atoms with E-state index in [4.69, 9.17) is 9.47 Å². The predicted molar refractivity (Wildman–Crippen MR) is 111 cm³/mol. The fraction of sp³-hybridized carbons (Fsp3) is 0.227. The molecule has 0 bridgehead atoms. The topological polar surface area (TPSA) is 47.6 Å². The molecule has 0 heterocycles. The first-order chi connectivity index (χ1) is 13.0. The normalized spacial score (nSPS) is 11.9.